The first kappa shape index (κ1) is 13.4. The van der Waals surface area contributed by atoms with Crippen molar-refractivity contribution in [2.24, 2.45) is 5.73 Å². The molecule has 0 saturated carbocycles. The van der Waals surface area contributed by atoms with Crippen LogP contribution >= 0.6 is 0 Å². The maximum atomic E-state index is 5.73. The van der Waals surface area contributed by atoms with Crippen molar-refractivity contribution in [3.8, 4) is 11.6 Å². The van der Waals surface area contributed by atoms with Crippen molar-refractivity contribution in [2.45, 2.75) is 6.42 Å². The average molecular weight is 257 g/mol. The van der Waals surface area contributed by atoms with Crippen LogP contribution in [0.25, 0.3) is 0 Å². The summed E-state index contributed by atoms with van der Waals surface area (Å²) >= 11 is 0. The number of rotatable bonds is 5. The second-order valence-electron chi connectivity index (χ2n) is 4.54. The highest BCUT2D eigenvalue weighted by Crippen LogP contribution is 2.23. The highest BCUT2D eigenvalue weighted by Gasteiger charge is 2.01. The molecule has 4 nitrogen and oxygen atoms in total. The predicted octanol–water partition coefficient (Wildman–Crippen LogP) is 2.44. The molecule has 1 heterocycles. The first-order valence-electron chi connectivity index (χ1n) is 6.29. The Kier molecular flexibility index (Phi) is 4.36. The molecule has 2 rings (SSSR count). The molecule has 4 heteroatoms. The molecule has 0 aliphatic heterocycles. The Labute approximate surface area is 113 Å². The molecule has 1 aromatic heterocycles. The van der Waals surface area contributed by atoms with Gasteiger partial charge in [0.15, 0.2) is 0 Å². The zero-order valence-electron chi connectivity index (χ0n) is 11.3. The Bertz CT molecular complexity index is 523. The van der Waals surface area contributed by atoms with E-state index in [2.05, 4.69) is 4.98 Å². The summed E-state index contributed by atoms with van der Waals surface area (Å²) in [7, 11) is 4.00. The lowest BCUT2D eigenvalue weighted by molar-refractivity contribution is 0.462. The summed E-state index contributed by atoms with van der Waals surface area (Å²) in [6.07, 6.45) is 2.64. The van der Waals surface area contributed by atoms with Gasteiger partial charge < -0.3 is 15.4 Å². The van der Waals surface area contributed by atoms with E-state index in [1.54, 1.807) is 6.20 Å². The number of nitrogens with two attached hydrogens (primary N) is 1. The van der Waals surface area contributed by atoms with Gasteiger partial charge in [0, 0.05) is 38.1 Å². The van der Waals surface area contributed by atoms with Crippen molar-refractivity contribution in [3.05, 3.63) is 48.2 Å². The number of aromatic nitrogens is 1. The molecule has 0 aliphatic rings. The first-order chi connectivity index (χ1) is 9.19. The second kappa shape index (κ2) is 6.20. The van der Waals surface area contributed by atoms with Crippen LogP contribution in [0.4, 0.5) is 5.69 Å². The predicted molar refractivity (Wildman–Crippen MR) is 77.8 cm³/mol. The highest BCUT2D eigenvalue weighted by atomic mass is 16.5. The molecule has 19 heavy (non-hydrogen) atoms. The van der Waals surface area contributed by atoms with Crippen LogP contribution in [0.5, 0.6) is 11.6 Å². The van der Waals surface area contributed by atoms with Crippen molar-refractivity contribution >= 4 is 5.69 Å². The van der Waals surface area contributed by atoms with Crippen molar-refractivity contribution in [3.63, 3.8) is 0 Å². The van der Waals surface area contributed by atoms with E-state index in [4.69, 9.17) is 10.5 Å². The molecular weight excluding hydrogens is 238 g/mol. The molecule has 0 amide bonds. The monoisotopic (exact) mass is 257 g/mol. The molecule has 0 saturated heterocycles. The third-order valence-electron chi connectivity index (χ3n) is 2.79. The number of anilines is 1. The quantitative estimate of drug-likeness (QED) is 0.894. The molecular formula is C15H19N3O. The second-order valence-corrected chi connectivity index (χ2v) is 4.54. The molecule has 1 aromatic carbocycles. The van der Waals surface area contributed by atoms with Gasteiger partial charge in [-0.3, -0.25) is 0 Å². The van der Waals surface area contributed by atoms with Gasteiger partial charge in [0.25, 0.3) is 0 Å². The summed E-state index contributed by atoms with van der Waals surface area (Å²) < 4.78 is 5.73. The summed E-state index contributed by atoms with van der Waals surface area (Å²) in [4.78, 5) is 6.31. The van der Waals surface area contributed by atoms with Gasteiger partial charge in [-0.25, -0.2) is 4.98 Å². The molecule has 0 fully saturated rings. The molecule has 0 unspecified atom stereocenters. The summed E-state index contributed by atoms with van der Waals surface area (Å²) in [5.41, 5.74) is 7.72. The maximum Gasteiger partial charge on any atom is 0.219 e. The van der Waals surface area contributed by atoms with E-state index in [9.17, 15) is 0 Å². The molecule has 0 spiro atoms. The van der Waals surface area contributed by atoms with Crippen molar-refractivity contribution in [1.29, 1.82) is 0 Å². The van der Waals surface area contributed by atoms with Crippen molar-refractivity contribution < 1.29 is 4.74 Å². The lowest BCUT2D eigenvalue weighted by Gasteiger charge is -2.13. The third-order valence-corrected chi connectivity index (χ3v) is 2.79. The van der Waals surface area contributed by atoms with Crippen LogP contribution in [0.2, 0.25) is 0 Å². The zero-order chi connectivity index (χ0) is 13.7. The van der Waals surface area contributed by atoms with E-state index in [0.29, 0.717) is 12.4 Å². The molecule has 0 radical (unpaired) electrons. The molecule has 2 N–H and O–H groups in total. The highest BCUT2D eigenvalue weighted by molar-refractivity contribution is 5.50. The number of hydrogen-bond donors (Lipinski definition) is 1. The van der Waals surface area contributed by atoms with Gasteiger partial charge in [-0.15, -0.1) is 0 Å². The normalized spacial score (nSPS) is 10.3. The minimum absolute atomic E-state index is 0.594. The van der Waals surface area contributed by atoms with Gasteiger partial charge in [0.05, 0.1) is 0 Å². The van der Waals surface area contributed by atoms with Gasteiger partial charge in [0.1, 0.15) is 5.75 Å². The average Bonchev–Trinajstić information content (AvgIpc) is 2.42. The molecule has 0 aliphatic carbocycles. The van der Waals surface area contributed by atoms with Crippen molar-refractivity contribution in [2.75, 3.05) is 25.5 Å². The minimum atomic E-state index is 0.594. The van der Waals surface area contributed by atoms with Crippen LogP contribution in [0.1, 0.15) is 5.56 Å². The van der Waals surface area contributed by atoms with E-state index in [1.165, 1.54) is 0 Å². The van der Waals surface area contributed by atoms with Crippen LogP contribution in [0.15, 0.2) is 42.6 Å². The standard InChI is InChI=1S/C15H19N3O/c1-18(2)13-4-3-5-14(10-13)19-15-7-6-12(8-9-16)11-17-15/h3-7,10-11H,8-9,16H2,1-2H3. The summed E-state index contributed by atoms with van der Waals surface area (Å²) in [6.45, 7) is 0.632. The Morgan fingerprint density at radius 1 is 1.21 bits per heavy atom. The fourth-order valence-corrected chi connectivity index (χ4v) is 1.73. The largest absolute Gasteiger partial charge is 0.439 e. The van der Waals surface area contributed by atoms with Crippen LogP contribution < -0.4 is 15.4 Å². The van der Waals surface area contributed by atoms with Crippen LogP contribution in [-0.4, -0.2) is 25.6 Å². The number of pyridine rings is 1. The number of hydrogen-bond acceptors (Lipinski definition) is 4. The minimum Gasteiger partial charge on any atom is -0.439 e. The SMILES string of the molecule is CN(C)c1cccc(Oc2ccc(CCN)cn2)c1. The lowest BCUT2D eigenvalue weighted by Crippen LogP contribution is -2.08. The molecule has 0 bridgehead atoms. The van der Waals surface area contributed by atoms with E-state index >= 15 is 0 Å². The third kappa shape index (κ3) is 3.69. The lowest BCUT2D eigenvalue weighted by atomic mass is 10.2. The van der Waals surface area contributed by atoms with E-state index in [1.807, 2.05) is 55.4 Å². The number of ether oxygens (including phenoxy) is 1. The zero-order valence-corrected chi connectivity index (χ0v) is 11.3. The van der Waals surface area contributed by atoms with Crippen molar-refractivity contribution in [1.82, 2.24) is 4.98 Å². The van der Waals surface area contributed by atoms with E-state index < -0.39 is 0 Å². The molecule has 0 atom stereocenters. The summed E-state index contributed by atoms with van der Waals surface area (Å²) in [6, 6.07) is 11.8. The van der Waals surface area contributed by atoms with Crippen LogP contribution in [0.3, 0.4) is 0 Å². The topological polar surface area (TPSA) is 51.4 Å². The van der Waals surface area contributed by atoms with Gasteiger partial charge in [0.2, 0.25) is 5.88 Å². The van der Waals surface area contributed by atoms with E-state index in [-0.39, 0.29) is 0 Å². The van der Waals surface area contributed by atoms with Gasteiger partial charge in [-0.05, 0) is 30.7 Å². The Morgan fingerprint density at radius 3 is 2.68 bits per heavy atom. The molecule has 2 aromatic rings. The Balaban J connectivity index is 2.10. The van der Waals surface area contributed by atoms with Gasteiger partial charge >= 0.3 is 0 Å². The van der Waals surface area contributed by atoms with E-state index in [0.717, 1.165) is 23.4 Å². The maximum absolute atomic E-state index is 5.73. The molecule has 100 valence electrons. The Hall–Kier alpha value is -2.07. The van der Waals surface area contributed by atoms with Gasteiger partial charge in [-0.1, -0.05) is 12.1 Å². The summed E-state index contributed by atoms with van der Waals surface area (Å²) in [5.74, 6) is 1.38. The Morgan fingerprint density at radius 2 is 2.05 bits per heavy atom. The van der Waals surface area contributed by atoms with Crippen LogP contribution in [0, 0.1) is 0 Å². The fourth-order valence-electron chi connectivity index (χ4n) is 1.73. The van der Waals surface area contributed by atoms with Crippen LogP contribution in [-0.2, 0) is 6.42 Å². The fraction of sp³-hybridized carbons (Fsp3) is 0.267. The smallest absolute Gasteiger partial charge is 0.219 e. The first-order valence-corrected chi connectivity index (χ1v) is 6.29. The van der Waals surface area contributed by atoms with Gasteiger partial charge in [-0.2, -0.15) is 0 Å². The number of benzene rings is 1. The number of nitrogens with zero attached hydrogens (tertiary/aromatic N) is 2. The summed E-state index contributed by atoms with van der Waals surface area (Å²) in [5, 5.41) is 0.